The number of carbonyl (C=O) groups is 2. The van der Waals surface area contributed by atoms with E-state index in [0.29, 0.717) is 17.0 Å². The third-order valence-corrected chi connectivity index (χ3v) is 4.40. The average molecular weight is 370 g/mol. The van der Waals surface area contributed by atoms with Crippen molar-refractivity contribution < 1.29 is 14.3 Å². The molecule has 25 heavy (non-hydrogen) atoms. The molecule has 7 heteroatoms. The van der Waals surface area contributed by atoms with Crippen molar-refractivity contribution in [2.75, 3.05) is 32.1 Å². The van der Waals surface area contributed by atoms with Gasteiger partial charge in [-0.1, -0.05) is 19.8 Å². The second kappa shape index (κ2) is 10.3. The zero-order valence-corrected chi connectivity index (χ0v) is 15.7. The van der Waals surface area contributed by atoms with Gasteiger partial charge in [-0.2, -0.15) is 0 Å². The first kappa shape index (κ1) is 21.3. The van der Waals surface area contributed by atoms with Crippen LogP contribution in [0.2, 0.25) is 0 Å². The Hall–Kier alpha value is -1.79. The summed E-state index contributed by atoms with van der Waals surface area (Å²) in [5.41, 5.74) is 6.60. The van der Waals surface area contributed by atoms with Crippen molar-refractivity contribution in [3.8, 4) is 5.75 Å². The van der Waals surface area contributed by atoms with Crippen molar-refractivity contribution in [3.05, 3.63) is 23.8 Å². The van der Waals surface area contributed by atoms with Gasteiger partial charge in [-0.25, -0.2) is 0 Å². The molecule has 1 fully saturated rings. The van der Waals surface area contributed by atoms with Crippen LogP contribution in [0.4, 0.5) is 5.69 Å². The maximum atomic E-state index is 12.7. The monoisotopic (exact) mass is 369 g/mol. The lowest BCUT2D eigenvalue weighted by Crippen LogP contribution is -2.32. The Morgan fingerprint density at radius 3 is 2.44 bits per heavy atom. The predicted octanol–water partition coefficient (Wildman–Crippen LogP) is 2.67. The molecular weight excluding hydrogens is 342 g/mol. The van der Waals surface area contributed by atoms with E-state index >= 15 is 0 Å². The van der Waals surface area contributed by atoms with Gasteiger partial charge < -0.3 is 20.7 Å². The zero-order valence-electron chi connectivity index (χ0n) is 14.9. The standard InChI is InChI=1S/C18H27N3O3.ClH/c1-13(12-19)17(22)20-15-11-14(7-8-16(15)24-2)18(23)21-9-5-3-4-6-10-21;/h7-8,11,13H,3-6,9-10,12,19H2,1-2H3,(H,20,22);1H. The molecule has 1 aliphatic heterocycles. The summed E-state index contributed by atoms with van der Waals surface area (Å²) in [5.74, 6) is 0.0387. The molecule has 0 bridgehead atoms. The third-order valence-electron chi connectivity index (χ3n) is 4.40. The van der Waals surface area contributed by atoms with Crippen molar-refractivity contribution in [1.29, 1.82) is 0 Å². The molecular formula is C18H28ClN3O3. The number of rotatable bonds is 5. The minimum atomic E-state index is -0.306. The van der Waals surface area contributed by atoms with Gasteiger partial charge in [0.25, 0.3) is 5.91 Å². The van der Waals surface area contributed by atoms with Gasteiger partial charge >= 0.3 is 0 Å². The fourth-order valence-electron chi connectivity index (χ4n) is 2.76. The van der Waals surface area contributed by atoms with E-state index < -0.39 is 0 Å². The molecule has 0 saturated carbocycles. The Bertz CT molecular complexity index is 587. The summed E-state index contributed by atoms with van der Waals surface area (Å²) in [6.07, 6.45) is 4.42. The van der Waals surface area contributed by atoms with Crippen LogP contribution >= 0.6 is 12.4 Å². The lowest BCUT2D eigenvalue weighted by Gasteiger charge is -2.21. The number of nitrogens with zero attached hydrogens (tertiary/aromatic N) is 1. The summed E-state index contributed by atoms with van der Waals surface area (Å²) in [6.45, 7) is 3.60. The highest BCUT2D eigenvalue weighted by Gasteiger charge is 2.20. The van der Waals surface area contributed by atoms with E-state index in [1.165, 1.54) is 20.0 Å². The number of hydrogen-bond acceptors (Lipinski definition) is 4. The minimum absolute atomic E-state index is 0. The van der Waals surface area contributed by atoms with Gasteiger partial charge in [-0.05, 0) is 31.0 Å². The first-order chi connectivity index (χ1) is 11.6. The number of hydrogen-bond donors (Lipinski definition) is 2. The van der Waals surface area contributed by atoms with Gasteiger partial charge in [0.1, 0.15) is 5.75 Å². The molecule has 0 aliphatic carbocycles. The van der Waals surface area contributed by atoms with E-state index in [9.17, 15) is 9.59 Å². The van der Waals surface area contributed by atoms with Crippen LogP contribution in [0, 0.1) is 5.92 Å². The van der Waals surface area contributed by atoms with Gasteiger partial charge in [-0.15, -0.1) is 12.4 Å². The SMILES string of the molecule is COc1ccc(C(=O)N2CCCCCC2)cc1NC(=O)C(C)CN.Cl. The summed E-state index contributed by atoms with van der Waals surface area (Å²) >= 11 is 0. The summed E-state index contributed by atoms with van der Waals surface area (Å²) in [4.78, 5) is 26.7. The number of methoxy groups -OCH3 is 1. The maximum Gasteiger partial charge on any atom is 0.253 e. The molecule has 1 unspecified atom stereocenters. The Kier molecular flexibility index (Phi) is 8.72. The maximum absolute atomic E-state index is 12.7. The minimum Gasteiger partial charge on any atom is -0.495 e. The molecule has 1 heterocycles. The topological polar surface area (TPSA) is 84.7 Å². The number of nitrogens with one attached hydrogen (secondary N) is 1. The number of ether oxygens (including phenoxy) is 1. The molecule has 1 saturated heterocycles. The average Bonchev–Trinajstić information content (AvgIpc) is 2.89. The van der Waals surface area contributed by atoms with Crippen molar-refractivity contribution in [1.82, 2.24) is 4.90 Å². The normalized spacial score (nSPS) is 15.6. The van der Waals surface area contributed by atoms with Crippen LogP contribution in [0.5, 0.6) is 5.75 Å². The molecule has 0 spiro atoms. The smallest absolute Gasteiger partial charge is 0.253 e. The summed E-state index contributed by atoms with van der Waals surface area (Å²) in [7, 11) is 1.54. The van der Waals surface area contributed by atoms with Crippen molar-refractivity contribution in [2.24, 2.45) is 11.7 Å². The molecule has 2 rings (SSSR count). The Morgan fingerprint density at radius 2 is 1.88 bits per heavy atom. The molecule has 140 valence electrons. The number of nitrogens with two attached hydrogens (primary N) is 1. The van der Waals surface area contributed by atoms with Crippen molar-refractivity contribution in [2.45, 2.75) is 32.6 Å². The van der Waals surface area contributed by atoms with Crippen LogP contribution in [0.1, 0.15) is 43.0 Å². The second-order valence-corrected chi connectivity index (χ2v) is 6.25. The van der Waals surface area contributed by atoms with E-state index in [2.05, 4.69) is 5.32 Å². The Balaban J connectivity index is 0.00000312. The van der Waals surface area contributed by atoms with Gasteiger partial charge in [0.05, 0.1) is 12.8 Å². The molecule has 1 atom stereocenters. The van der Waals surface area contributed by atoms with E-state index in [1.807, 2.05) is 4.90 Å². The second-order valence-electron chi connectivity index (χ2n) is 6.25. The summed E-state index contributed by atoms with van der Waals surface area (Å²) in [5, 5.41) is 2.81. The summed E-state index contributed by atoms with van der Waals surface area (Å²) < 4.78 is 5.29. The van der Waals surface area contributed by atoms with E-state index in [1.54, 1.807) is 25.1 Å². The van der Waals surface area contributed by atoms with Crippen molar-refractivity contribution >= 4 is 29.9 Å². The molecule has 0 radical (unpaired) electrons. The van der Waals surface area contributed by atoms with Gasteiger partial charge in [0.2, 0.25) is 5.91 Å². The number of anilines is 1. The van der Waals surface area contributed by atoms with Crippen molar-refractivity contribution in [3.63, 3.8) is 0 Å². The van der Waals surface area contributed by atoms with E-state index in [4.69, 9.17) is 10.5 Å². The highest BCUT2D eigenvalue weighted by molar-refractivity contribution is 5.99. The number of halogens is 1. The van der Waals surface area contributed by atoms with Crippen LogP contribution < -0.4 is 15.8 Å². The lowest BCUT2D eigenvalue weighted by molar-refractivity contribution is -0.119. The number of carbonyl (C=O) groups excluding carboxylic acids is 2. The molecule has 6 nitrogen and oxygen atoms in total. The van der Waals surface area contributed by atoms with Crippen LogP contribution in [-0.4, -0.2) is 43.5 Å². The molecule has 0 aromatic heterocycles. The molecule has 3 N–H and O–H groups in total. The molecule has 1 aliphatic rings. The highest BCUT2D eigenvalue weighted by Crippen LogP contribution is 2.27. The predicted molar refractivity (Wildman–Crippen MR) is 101 cm³/mol. The lowest BCUT2D eigenvalue weighted by atomic mass is 10.1. The zero-order chi connectivity index (χ0) is 17.5. The number of benzene rings is 1. The fraction of sp³-hybridized carbons (Fsp3) is 0.556. The first-order valence-electron chi connectivity index (χ1n) is 8.55. The fourth-order valence-corrected chi connectivity index (χ4v) is 2.76. The van der Waals surface area contributed by atoms with Gasteiger partial charge in [0, 0.05) is 31.1 Å². The molecule has 2 amide bonds. The quantitative estimate of drug-likeness (QED) is 0.835. The van der Waals surface area contributed by atoms with E-state index in [-0.39, 0.29) is 36.7 Å². The molecule has 1 aromatic rings. The van der Waals surface area contributed by atoms with Crippen LogP contribution in [0.3, 0.4) is 0 Å². The molecule has 1 aromatic carbocycles. The number of likely N-dealkylation sites (tertiary alicyclic amines) is 1. The summed E-state index contributed by atoms with van der Waals surface area (Å²) in [6, 6.07) is 5.15. The number of amides is 2. The Morgan fingerprint density at radius 1 is 1.24 bits per heavy atom. The third kappa shape index (κ3) is 5.61. The van der Waals surface area contributed by atoms with Crippen LogP contribution in [0.15, 0.2) is 18.2 Å². The Labute approximate surface area is 155 Å². The van der Waals surface area contributed by atoms with Crippen LogP contribution in [0.25, 0.3) is 0 Å². The highest BCUT2D eigenvalue weighted by atomic mass is 35.5. The largest absolute Gasteiger partial charge is 0.495 e. The van der Waals surface area contributed by atoms with Gasteiger partial charge in [0.15, 0.2) is 0 Å². The van der Waals surface area contributed by atoms with Gasteiger partial charge in [-0.3, -0.25) is 9.59 Å². The van der Waals surface area contributed by atoms with E-state index in [0.717, 1.165) is 25.9 Å². The first-order valence-corrected chi connectivity index (χ1v) is 8.55. The van der Waals surface area contributed by atoms with Crippen LogP contribution in [-0.2, 0) is 4.79 Å².